The van der Waals surface area contributed by atoms with Crippen LogP contribution in [0.25, 0.3) is 10.9 Å². The third kappa shape index (κ3) is 3.09. The number of anilines is 1. The second-order valence-corrected chi connectivity index (χ2v) is 4.94. The van der Waals surface area contributed by atoms with Gasteiger partial charge in [0, 0.05) is 23.2 Å². The van der Waals surface area contributed by atoms with Crippen molar-refractivity contribution in [1.29, 1.82) is 0 Å². The predicted molar refractivity (Wildman–Crippen MR) is 81.7 cm³/mol. The lowest BCUT2D eigenvalue weighted by molar-refractivity contribution is 0.102. The number of hydrogen-bond acceptors (Lipinski definition) is 4. The Hall–Kier alpha value is -2.24. The number of aromatic nitrogens is 3. The zero-order valence-corrected chi connectivity index (χ0v) is 12.1. The van der Waals surface area contributed by atoms with Crippen LogP contribution in [0.5, 0.6) is 0 Å². The van der Waals surface area contributed by atoms with Crippen LogP contribution in [0, 0.1) is 0 Å². The first-order valence-corrected chi connectivity index (χ1v) is 6.73. The van der Waals surface area contributed by atoms with Gasteiger partial charge in [0.2, 0.25) is 5.28 Å². The Kier molecular flexibility index (Phi) is 3.68. The van der Waals surface area contributed by atoms with Crippen LogP contribution in [0.1, 0.15) is 10.4 Å². The minimum absolute atomic E-state index is 0.0273. The van der Waals surface area contributed by atoms with E-state index in [1.54, 1.807) is 24.4 Å². The highest BCUT2D eigenvalue weighted by atomic mass is 35.5. The molecular formula is C14H8Cl2N4O. The molecule has 0 saturated carbocycles. The van der Waals surface area contributed by atoms with Crippen molar-refractivity contribution >= 4 is 45.8 Å². The molecule has 0 unspecified atom stereocenters. The van der Waals surface area contributed by atoms with E-state index in [2.05, 4.69) is 20.3 Å². The summed E-state index contributed by atoms with van der Waals surface area (Å²) in [6.07, 6.45) is 1.70. The fourth-order valence-electron chi connectivity index (χ4n) is 1.86. The monoisotopic (exact) mass is 318 g/mol. The molecule has 0 fully saturated rings. The number of hydrogen-bond donors (Lipinski definition) is 1. The summed E-state index contributed by atoms with van der Waals surface area (Å²) in [6.45, 7) is 0. The number of halogens is 2. The molecule has 2 aromatic heterocycles. The smallest absolute Gasteiger partial charge is 0.256 e. The average molecular weight is 319 g/mol. The Morgan fingerprint density at radius 2 is 1.95 bits per heavy atom. The van der Waals surface area contributed by atoms with Crippen LogP contribution >= 0.6 is 23.2 Å². The molecule has 0 saturated heterocycles. The van der Waals surface area contributed by atoms with Gasteiger partial charge in [-0.25, -0.2) is 9.97 Å². The van der Waals surface area contributed by atoms with Crippen molar-refractivity contribution in [2.75, 3.05) is 5.32 Å². The van der Waals surface area contributed by atoms with E-state index in [1.807, 2.05) is 12.1 Å². The quantitative estimate of drug-likeness (QED) is 0.579. The molecular weight excluding hydrogens is 311 g/mol. The number of benzene rings is 1. The molecule has 2 heterocycles. The minimum Gasteiger partial charge on any atom is -0.306 e. The molecule has 0 aliphatic rings. The molecule has 0 spiro atoms. The molecule has 0 atom stereocenters. The van der Waals surface area contributed by atoms with Gasteiger partial charge in [0.15, 0.2) is 0 Å². The Labute approximate surface area is 130 Å². The van der Waals surface area contributed by atoms with Gasteiger partial charge in [0.25, 0.3) is 5.91 Å². The van der Waals surface area contributed by atoms with Gasteiger partial charge in [0.05, 0.1) is 5.52 Å². The first-order valence-electron chi connectivity index (χ1n) is 5.98. The normalized spacial score (nSPS) is 10.6. The second kappa shape index (κ2) is 5.63. The van der Waals surface area contributed by atoms with E-state index in [0.29, 0.717) is 5.56 Å². The van der Waals surface area contributed by atoms with Crippen molar-refractivity contribution < 1.29 is 4.79 Å². The van der Waals surface area contributed by atoms with Crippen LogP contribution in [0.15, 0.2) is 42.6 Å². The fraction of sp³-hybridized carbons (Fsp3) is 0. The lowest BCUT2D eigenvalue weighted by atomic mass is 10.1. The minimum atomic E-state index is -0.313. The molecule has 7 heteroatoms. The highest BCUT2D eigenvalue weighted by Crippen LogP contribution is 2.17. The number of fused-ring (bicyclic) bond motifs is 1. The van der Waals surface area contributed by atoms with E-state index < -0.39 is 0 Å². The first-order chi connectivity index (χ1) is 10.1. The van der Waals surface area contributed by atoms with Gasteiger partial charge in [0.1, 0.15) is 11.0 Å². The summed E-state index contributed by atoms with van der Waals surface area (Å²) in [5.41, 5.74) is 1.31. The van der Waals surface area contributed by atoms with Crippen molar-refractivity contribution in [3.05, 3.63) is 58.6 Å². The zero-order valence-electron chi connectivity index (χ0n) is 10.5. The van der Waals surface area contributed by atoms with Crippen molar-refractivity contribution in [3.63, 3.8) is 0 Å². The van der Waals surface area contributed by atoms with Crippen molar-refractivity contribution in [1.82, 2.24) is 15.0 Å². The predicted octanol–water partition coefficient (Wildman–Crippen LogP) is 3.58. The number of amides is 1. The lowest BCUT2D eigenvalue weighted by Crippen LogP contribution is -2.13. The Bertz CT molecular complexity index is 818. The van der Waals surface area contributed by atoms with Gasteiger partial charge in [-0.3, -0.25) is 9.78 Å². The highest BCUT2D eigenvalue weighted by Gasteiger charge is 2.09. The largest absolute Gasteiger partial charge is 0.306 e. The van der Waals surface area contributed by atoms with Crippen LogP contribution in [0.3, 0.4) is 0 Å². The molecule has 0 aliphatic carbocycles. The third-order valence-electron chi connectivity index (χ3n) is 2.77. The Morgan fingerprint density at radius 1 is 1.10 bits per heavy atom. The van der Waals surface area contributed by atoms with Crippen molar-refractivity contribution in [3.8, 4) is 0 Å². The molecule has 1 aromatic carbocycles. The number of carbonyl (C=O) groups excluding carboxylic acids is 1. The highest BCUT2D eigenvalue weighted by molar-refractivity contribution is 6.32. The fourth-order valence-corrected chi connectivity index (χ4v) is 2.27. The van der Waals surface area contributed by atoms with Crippen LogP contribution < -0.4 is 5.32 Å². The number of nitrogens with one attached hydrogen (secondary N) is 1. The summed E-state index contributed by atoms with van der Waals surface area (Å²) in [5, 5.41) is 3.64. The second-order valence-electron chi connectivity index (χ2n) is 4.21. The van der Waals surface area contributed by atoms with Crippen LogP contribution in [0.2, 0.25) is 10.4 Å². The number of nitrogens with zero attached hydrogens (tertiary/aromatic N) is 3. The topological polar surface area (TPSA) is 67.8 Å². The molecule has 0 radical (unpaired) electrons. The molecule has 0 bridgehead atoms. The molecule has 1 N–H and O–H groups in total. The van der Waals surface area contributed by atoms with Gasteiger partial charge >= 0.3 is 0 Å². The standard InChI is InChI=1S/C14H8Cl2N4O/c15-11-7-12(20-14(16)18-11)19-13(21)9-3-4-10-8(6-9)2-1-5-17-10/h1-7H,(H,18,19,20,21). The molecule has 104 valence electrons. The number of pyridine rings is 1. The number of rotatable bonds is 2. The third-order valence-corrected chi connectivity index (χ3v) is 3.14. The molecule has 5 nitrogen and oxygen atoms in total. The van der Waals surface area contributed by atoms with Crippen LogP contribution in [-0.2, 0) is 0 Å². The van der Waals surface area contributed by atoms with Gasteiger partial charge in [-0.2, -0.15) is 0 Å². The van der Waals surface area contributed by atoms with E-state index in [1.165, 1.54) is 6.07 Å². The lowest BCUT2D eigenvalue weighted by Gasteiger charge is -2.06. The molecule has 3 rings (SSSR count). The maximum Gasteiger partial charge on any atom is 0.256 e. The van der Waals surface area contributed by atoms with Crippen LogP contribution in [-0.4, -0.2) is 20.9 Å². The molecule has 0 aliphatic heterocycles. The average Bonchev–Trinajstić information content (AvgIpc) is 2.45. The van der Waals surface area contributed by atoms with E-state index in [-0.39, 0.29) is 22.2 Å². The van der Waals surface area contributed by atoms with Gasteiger partial charge < -0.3 is 5.32 Å². The summed E-state index contributed by atoms with van der Waals surface area (Å²) in [7, 11) is 0. The van der Waals surface area contributed by atoms with Gasteiger partial charge in [-0.15, -0.1) is 0 Å². The summed E-state index contributed by atoms with van der Waals surface area (Å²) >= 11 is 11.5. The van der Waals surface area contributed by atoms with Gasteiger partial charge in [-0.1, -0.05) is 17.7 Å². The van der Waals surface area contributed by atoms with E-state index >= 15 is 0 Å². The summed E-state index contributed by atoms with van der Waals surface area (Å²) in [5.74, 6) is -0.0668. The maximum atomic E-state index is 12.2. The maximum absolute atomic E-state index is 12.2. The summed E-state index contributed by atoms with van der Waals surface area (Å²) in [6, 6.07) is 10.3. The van der Waals surface area contributed by atoms with Crippen molar-refractivity contribution in [2.45, 2.75) is 0 Å². The van der Waals surface area contributed by atoms with Crippen molar-refractivity contribution in [2.24, 2.45) is 0 Å². The Balaban J connectivity index is 1.89. The Morgan fingerprint density at radius 3 is 2.76 bits per heavy atom. The van der Waals surface area contributed by atoms with E-state index in [0.717, 1.165) is 10.9 Å². The summed E-state index contributed by atoms with van der Waals surface area (Å²) < 4.78 is 0. The van der Waals surface area contributed by atoms with E-state index in [9.17, 15) is 4.79 Å². The van der Waals surface area contributed by atoms with E-state index in [4.69, 9.17) is 23.2 Å². The number of carbonyl (C=O) groups is 1. The molecule has 3 aromatic rings. The zero-order chi connectivity index (χ0) is 14.8. The van der Waals surface area contributed by atoms with Gasteiger partial charge in [-0.05, 0) is 35.9 Å². The SMILES string of the molecule is O=C(Nc1cc(Cl)nc(Cl)n1)c1ccc2ncccc2c1. The molecule has 1 amide bonds. The van der Waals surface area contributed by atoms with Crippen LogP contribution in [0.4, 0.5) is 5.82 Å². The molecule has 21 heavy (non-hydrogen) atoms. The first kappa shape index (κ1) is 13.7. The summed E-state index contributed by atoms with van der Waals surface area (Å²) in [4.78, 5) is 24.0.